The Balaban J connectivity index is 2.03. The van der Waals surface area contributed by atoms with Gasteiger partial charge in [-0.05, 0) is 51.5 Å². The maximum atomic E-state index is 12.3. The van der Waals surface area contributed by atoms with E-state index in [4.69, 9.17) is 4.74 Å². The zero-order valence-electron chi connectivity index (χ0n) is 16.3. The Morgan fingerprint density at radius 1 is 1.19 bits per heavy atom. The molecule has 2 N–H and O–H groups in total. The Morgan fingerprint density at radius 2 is 1.89 bits per heavy atom. The quantitative estimate of drug-likeness (QED) is 0.781. The zero-order chi connectivity index (χ0) is 20.2. The molecule has 0 unspecified atom stereocenters. The highest BCUT2D eigenvalue weighted by Gasteiger charge is 2.19. The van der Waals surface area contributed by atoms with Crippen LogP contribution in [0.2, 0.25) is 0 Å². The number of ether oxygens (including phenoxy) is 1. The summed E-state index contributed by atoms with van der Waals surface area (Å²) in [6.45, 7) is 7.22. The van der Waals surface area contributed by atoms with Gasteiger partial charge in [0.25, 0.3) is 5.91 Å². The topological polar surface area (TPSA) is 91.5 Å². The second-order valence-corrected chi connectivity index (χ2v) is 7.35. The molecule has 7 nitrogen and oxygen atoms in total. The number of amides is 2. The third kappa shape index (κ3) is 5.99. The van der Waals surface area contributed by atoms with Gasteiger partial charge in [-0.25, -0.2) is 4.79 Å². The van der Waals surface area contributed by atoms with E-state index in [9.17, 15) is 14.4 Å². The zero-order valence-corrected chi connectivity index (χ0v) is 16.3. The normalized spacial score (nSPS) is 11.0. The number of carbonyl (C=O) groups excluding carboxylic acids is 3. The molecule has 27 heavy (non-hydrogen) atoms. The van der Waals surface area contributed by atoms with Crippen LogP contribution in [0.1, 0.15) is 54.1 Å². The summed E-state index contributed by atoms with van der Waals surface area (Å²) < 4.78 is 5.33. The highest BCUT2D eigenvalue weighted by Crippen LogP contribution is 2.16. The molecule has 7 heteroatoms. The van der Waals surface area contributed by atoms with Crippen LogP contribution in [0.4, 0.5) is 10.5 Å². The van der Waals surface area contributed by atoms with E-state index in [0.29, 0.717) is 23.5 Å². The number of nitrogens with zero attached hydrogens (tertiary/aromatic N) is 1. The van der Waals surface area contributed by atoms with Crippen LogP contribution in [0.15, 0.2) is 36.5 Å². The minimum Gasteiger partial charge on any atom is -0.444 e. The lowest BCUT2D eigenvalue weighted by Gasteiger charge is -2.24. The van der Waals surface area contributed by atoms with Gasteiger partial charge in [0.05, 0.1) is 0 Å². The molecular weight excluding hydrogens is 346 g/mol. The minimum absolute atomic E-state index is 0.113. The number of hydrogen-bond acceptors (Lipinski definition) is 4. The van der Waals surface area contributed by atoms with Crippen LogP contribution >= 0.6 is 0 Å². The first-order valence-electron chi connectivity index (χ1n) is 8.59. The van der Waals surface area contributed by atoms with E-state index in [1.165, 1.54) is 24.1 Å². The van der Waals surface area contributed by atoms with Crippen LogP contribution < -0.4 is 5.32 Å². The second kappa shape index (κ2) is 8.07. The molecule has 2 aromatic rings. The Kier molecular flexibility index (Phi) is 6.05. The first-order valence-corrected chi connectivity index (χ1v) is 8.59. The molecule has 1 aromatic heterocycles. The fraction of sp³-hybridized carbons (Fsp3) is 0.350. The van der Waals surface area contributed by atoms with Gasteiger partial charge in [-0.2, -0.15) is 0 Å². The van der Waals surface area contributed by atoms with Gasteiger partial charge in [-0.15, -0.1) is 0 Å². The predicted molar refractivity (Wildman–Crippen MR) is 103 cm³/mol. The molecule has 2 amide bonds. The molecule has 1 aromatic carbocycles. The van der Waals surface area contributed by atoms with Gasteiger partial charge in [0, 0.05) is 31.0 Å². The molecule has 0 saturated heterocycles. The molecular formula is C20H25N3O4. The highest BCUT2D eigenvalue weighted by molar-refractivity contribution is 6.05. The van der Waals surface area contributed by atoms with Gasteiger partial charge in [0.1, 0.15) is 11.3 Å². The molecule has 0 aliphatic rings. The van der Waals surface area contributed by atoms with E-state index in [1.54, 1.807) is 25.2 Å². The number of Topliss-reactive ketones (excluding diaryl/α,β-unsaturated/α-hetero) is 1. The Hall–Kier alpha value is -3.09. The van der Waals surface area contributed by atoms with E-state index in [1.807, 2.05) is 26.8 Å². The molecule has 1 heterocycles. The summed E-state index contributed by atoms with van der Waals surface area (Å²) in [5, 5.41) is 2.78. The summed E-state index contributed by atoms with van der Waals surface area (Å²) in [5.41, 5.74) is 1.63. The summed E-state index contributed by atoms with van der Waals surface area (Å²) in [6, 6.07) is 8.71. The lowest BCUT2D eigenvalue weighted by Crippen LogP contribution is -2.33. The molecule has 0 atom stereocenters. The fourth-order valence-corrected chi connectivity index (χ4v) is 2.35. The van der Waals surface area contributed by atoms with Crippen LogP contribution in [0.3, 0.4) is 0 Å². The summed E-state index contributed by atoms with van der Waals surface area (Å²) >= 11 is 0. The average molecular weight is 371 g/mol. The standard InChI is InChI=1S/C20H25N3O4/c1-13(24)15-10-17(21-11-15)18(25)22-16-8-6-7-14(9-16)12-23(5)19(26)27-20(2,3)4/h6-11,21H,12H2,1-5H3,(H,22,25). The van der Waals surface area contributed by atoms with Crippen molar-refractivity contribution in [2.24, 2.45) is 0 Å². The van der Waals surface area contributed by atoms with E-state index in [0.717, 1.165) is 5.56 Å². The average Bonchev–Trinajstić information content (AvgIpc) is 3.04. The summed E-state index contributed by atoms with van der Waals surface area (Å²) in [7, 11) is 1.65. The molecule has 0 radical (unpaired) electrons. The van der Waals surface area contributed by atoms with Crippen LogP contribution in [-0.4, -0.2) is 40.3 Å². The van der Waals surface area contributed by atoms with Gasteiger partial charge in [-0.1, -0.05) is 12.1 Å². The third-order valence-corrected chi connectivity index (χ3v) is 3.64. The van der Waals surface area contributed by atoms with Gasteiger partial charge in [0.2, 0.25) is 0 Å². The third-order valence-electron chi connectivity index (χ3n) is 3.64. The van der Waals surface area contributed by atoms with E-state index < -0.39 is 11.7 Å². The number of aromatic amines is 1. The summed E-state index contributed by atoms with van der Waals surface area (Å²) in [4.78, 5) is 40.0. The van der Waals surface area contributed by atoms with Crippen LogP contribution in [-0.2, 0) is 11.3 Å². The van der Waals surface area contributed by atoms with Crippen molar-refractivity contribution in [2.45, 2.75) is 39.8 Å². The number of H-pyrrole nitrogens is 1. The van der Waals surface area contributed by atoms with Crippen molar-refractivity contribution in [2.75, 3.05) is 12.4 Å². The number of carbonyl (C=O) groups is 3. The number of nitrogens with one attached hydrogen (secondary N) is 2. The van der Waals surface area contributed by atoms with E-state index in [-0.39, 0.29) is 11.7 Å². The van der Waals surface area contributed by atoms with Crippen LogP contribution in [0.5, 0.6) is 0 Å². The van der Waals surface area contributed by atoms with Crippen LogP contribution in [0, 0.1) is 0 Å². The van der Waals surface area contributed by atoms with Gasteiger partial charge in [-0.3, -0.25) is 9.59 Å². The Labute approximate surface area is 158 Å². The Morgan fingerprint density at radius 3 is 2.48 bits per heavy atom. The Bertz CT molecular complexity index is 849. The summed E-state index contributed by atoms with van der Waals surface area (Å²) in [6.07, 6.45) is 1.09. The highest BCUT2D eigenvalue weighted by atomic mass is 16.6. The lowest BCUT2D eigenvalue weighted by molar-refractivity contribution is 0.0285. The van der Waals surface area contributed by atoms with Crippen molar-refractivity contribution in [3.05, 3.63) is 53.3 Å². The lowest BCUT2D eigenvalue weighted by atomic mass is 10.2. The summed E-state index contributed by atoms with van der Waals surface area (Å²) in [5.74, 6) is -0.461. The van der Waals surface area contributed by atoms with Gasteiger partial charge in [0.15, 0.2) is 5.78 Å². The molecule has 0 spiro atoms. The van der Waals surface area contributed by atoms with E-state index in [2.05, 4.69) is 10.3 Å². The number of rotatable bonds is 5. The molecule has 0 aliphatic heterocycles. The maximum absolute atomic E-state index is 12.3. The minimum atomic E-state index is -0.560. The van der Waals surface area contributed by atoms with Crippen molar-refractivity contribution in [3.8, 4) is 0 Å². The first-order chi connectivity index (χ1) is 12.5. The predicted octanol–water partition coefficient (Wildman–Crippen LogP) is 3.84. The monoisotopic (exact) mass is 371 g/mol. The number of hydrogen-bond donors (Lipinski definition) is 2. The molecule has 144 valence electrons. The van der Waals surface area contributed by atoms with Crippen molar-refractivity contribution < 1.29 is 19.1 Å². The molecule has 0 bridgehead atoms. The van der Waals surface area contributed by atoms with Crippen LogP contribution in [0.25, 0.3) is 0 Å². The maximum Gasteiger partial charge on any atom is 0.410 e. The van der Waals surface area contributed by atoms with Gasteiger partial charge >= 0.3 is 6.09 Å². The molecule has 0 fully saturated rings. The molecule has 0 aliphatic carbocycles. The van der Waals surface area contributed by atoms with Crippen molar-refractivity contribution in [1.82, 2.24) is 9.88 Å². The van der Waals surface area contributed by atoms with Crippen molar-refractivity contribution >= 4 is 23.5 Å². The van der Waals surface area contributed by atoms with Crippen molar-refractivity contribution in [1.29, 1.82) is 0 Å². The smallest absolute Gasteiger partial charge is 0.410 e. The molecule has 0 saturated carbocycles. The number of aromatic nitrogens is 1. The SMILES string of the molecule is CC(=O)c1c[nH]c(C(=O)Nc2cccc(CN(C)C(=O)OC(C)(C)C)c2)c1. The molecule has 2 rings (SSSR count). The van der Waals surface area contributed by atoms with Gasteiger partial charge < -0.3 is 19.9 Å². The number of anilines is 1. The van der Waals surface area contributed by atoms with E-state index >= 15 is 0 Å². The first kappa shape index (κ1) is 20.2. The number of benzene rings is 1. The second-order valence-electron chi connectivity index (χ2n) is 7.35. The fourth-order valence-electron chi connectivity index (χ4n) is 2.35. The number of ketones is 1. The van der Waals surface area contributed by atoms with Crippen molar-refractivity contribution in [3.63, 3.8) is 0 Å². The largest absolute Gasteiger partial charge is 0.444 e.